The number of urea groups is 1. The van der Waals surface area contributed by atoms with Gasteiger partial charge in [-0.2, -0.15) is 16.7 Å². The van der Waals surface area contributed by atoms with Crippen LogP contribution in [0.3, 0.4) is 0 Å². The van der Waals surface area contributed by atoms with Crippen LogP contribution in [0, 0.1) is 6.92 Å². The Bertz CT molecular complexity index is 695. The summed E-state index contributed by atoms with van der Waals surface area (Å²) in [5, 5.41) is 9.75. The van der Waals surface area contributed by atoms with Gasteiger partial charge in [-0.15, -0.1) is 0 Å². The quantitative estimate of drug-likeness (QED) is 0.896. The van der Waals surface area contributed by atoms with Gasteiger partial charge in [-0.1, -0.05) is 17.3 Å². The molecule has 7 heteroatoms. The summed E-state index contributed by atoms with van der Waals surface area (Å²) in [6.45, 7) is 4.59. The zero-order chi connectivity index (χ0) is 16.3. The van der Waals surface area contributed by atoms with Gasteiger partial charge in [0.15, 0.2) is 0 Å². The van der Waals surface area contributed by atoms with E-state index < -0.39 is 0 Å². The van der Waals surface area contributed by atoms with Gasteiger partial charge in [0.2, 0.25) is 11.7 Å². The first-order chi connectivity index (χ1) is 11.1. The van der Waals surface area contributed by atoms with Gasteiger partial charge in [0, 0.05) is 23.8 Å². The van der Waals surface area contributed by atoms with Gasteiger partial charge in [0.1, 0.15) is 0 Å². The molecule has 23 heavy (non-hydrogen) atoms. The molecule has 122 valence electrons. The average Bonchev–Trinajstić information content (AvgIpc) is 3.15. The van der Waals surface area contributed by atoms with E-state index in [1.54, 1.807) is 6.92 Å². The molecule has 0 unspecified atom stereocenters. The monoisotopic (exact) mass is 332 g/mol. The average molecular weight is 332 g/mol. The highest BCUT2D eigenvalue weighted by molar-refractivity contribution is 8.00. The summed E-state index contributed by atoms with van der Waals surface area (Å²) in [5.74, 6) is 2.13. The Morgan fingerprint density at radius 1 is 1.43 bits per heavy atom. The molecular weight excluding hydrogens is 312 g/mol. The lowest BCUT2D eigenvalue weighted by Gasteiger charge is -2.23. The zero-order valence-electron chi connectivity index (χ0n) is 13.3. The maximum absolute atomic E-state index is 12.2. The van der Waals surface area contributed by atoms with Gasteiger partial charge in [-0.3, -0.25) is 0 Å². The molecule has 1 aliphatic rings. The van der Waals surface area contributed by atoms with Crippen LogP contribution < -0.4 is 10.6 Å². The molecule has 0 radical (unpaired) electrons. The highest BCUT2D eigenvalue weighted by Gasteiger charge is 2.29. The van der Waals surface area contributed by atoms with E-state index in [0.717, 1.165) is 12.0 Å². The van der Waals surface area contributed by atoms with Gasteiger partial charge in [0.25, 0.3) is 0 Å². The Kier molecular flexibility index (Phi) is 4.56. The molecule has 1 aromatic heterocycles. The fraction of sp³-hybridized carbons (Fsp3) is 0.438. The molecule has 6 nitrogen and oxygen atoms in total. The highest BCUT2D eigenvalue weighted by atomic mass is 32.2. The van der Waals surface area contributed by atoms with Crippen LogP contribution in [0.4, 0.5) is 10.5 Å². The predicted molar refractivity (Wildman–Crippen MR) is 91.6 cm³/mol. The summed E-state index contributed by atoms with van der Waals surface area (Å²) in [5.41, 5.74) is 1.40. The van der Waals surface area contributed by atoms with Gasteiger partial charge in [-0.25, -0.2) is 4.79 Å². The molecule has 1 aliphatic heterocycles. The van der Waals surface area contributed by atoms with Crippen LogP contribution in [0.25, 0.3) is 11.4 Å². The Morgan fingerprint density at radius 2 is 2.26 bits per heavy atom. The van der Waals surface area contributed by atoms with Gasteiger partial charge < -0.3 is 15.2 Å². The van der Waals surface area contributed by atoms with Crippen LogP contribution in [0.5, 0.6) is 0 Å². The summed E-state index contributed by atoms with van der Waals surface area (Å²) in [6, 6.07) is 7.20. The number of carbonyl (C=O) groups excluding carboxylic acids is 1. The number of hydrogen-bond acceptors (Lipinski definition) is 5. The normalized spacial score (nSPS) is 20.4. The third-order valence-corrected chi connectivity index (χ3v) is 5.41. The molecule has 0 aliphatic carbocycles. The van der Waals surface area contributed by atoms with E-state index >= 15 is 0 Å². The molecule has 2 N–H and O–H groups in total. The summed E-state index contributed by atoms with van der Waals surface area (Å²) < 4.78 is 5.16. The Labute approximate surface area is 139 Å². The Hall–Kier alpha value is -2.02. The SMILES string of the molecule is Cc1nc(-c2ccccc2NC(=O)NC[C@]2(C)CCCS2)no1. The van der Waals surface area contributed by atoms with Gasteiger partial charge >= 0.3 is 6.03 Å². The van der Waals surface area contributed by atoms with Gasteiger partial charge in [-0.05, 0) is 37.7 Å². The lowest BCUT2D eigenvalue weighted by molar-refractivity contribution is 0.251. The van der Waals surface area contributed by atoms with E-state index in [4.69, 9.17) is 4.52 Å². The summed E-state index contributed by atoms with van der Waals surface area (Å²) in [6.07, 6.45) is 2.35. The molecule has 2 heterocycles. The van der Waals surface area contributed by atoms with Crippen LogP contribution in [0.15, 0.2) is 28.8 Å². The topological polar surface area (TPSA) is 80.0 Å². The van der Waals surface area contributed by atoms with Crippen molar-refractivity contribution in [3.8, 4) is 11.4 Å². The molecule has 2 amide bonds. The first kappa shape index (κ1) is 15.9. The van der Waals surface area contributed by atoms with Crippen molar-refractivity contribution in [2.75, 3.05) is 17.6 Å². The van der Waals surface area contributed by atoms with Crippen LogP contribution in [0.1, 0.15) is 25.7 Å². The second-order valence-electron chi connectivity index (χ2n) is 5.89. The third-order valence-electron chi connectivity index (χ3n) is 3.87. The Morgan fingerprint density at radius 3 is 2.96 bits per heavy atom. The summed E-state index contributed by atoms with van der Waals surface area (Å²) in [4.78, 5) is 16.4. The zero-order valence-corrected chi connectivity index (χ0v) is 14.1. The van der Waals surface area contributed by atoms with Crippen LogP contribution >= 0.6 is 11.8 Å². The van der Waals surface area contributed by atoms with E-state index in [1.165, 1.54) is 12.2 Å². The van der Waals surface area contributed by atoms with Crippen LogP contribution in [0.2, 0.25) is 0 Å². The third kappa shape index (κ3) is 3.85. The minimum atomic E-state index is -0.216. The van der Waals surface area contributed by atoms with Crippen molar-refractivity contribution in [1.82, 2.24) is 15.5 Å². The number of hydrogen-bond donors (Lipinski definition) is 2. The largest absolute Gasteiger partial charge is 0.339 e. The molecular formula is C16H20N4O2S. The number of rotatable bonds is 4. The number of thioether (sulfide) groups is 1. The van der Waals surface area contributed by atoms with Gasteiger partial charge in [0.05, 0.1) is 5.69 Å². The molecule has 1 aromatic carbocycles. The molecule has 3 rings (SSSR count). The maximum Gasteiger partial charge on any atom is 0.319 e. The van der Waals surface area contributed by atoms with Crippen LogP contribution in [-0.2, 0) is 0 Å². The smallest absolute Gasteiger partial charge is 0.319 e. The summed E-state index contributed by atoms with van der Waals surface area (Å²) >= 11 is 1.92. The minimum absolute atomic E-state index is 0.141. The highest BCUT2D eigenvalue weighted by Crippen LogP contribution is 2.37. The number of amides is 2. The van der Waals surface area contributed by atoms with E-state index in [2.05, 4.69) is 27.7 Å². The predicted octanol–water partition coefficient (Wildman–Crippen LogP) is 3.45. The van der Waals surface area contributed by atoms with Crippen molar-refractivity contribution in [1.29, 1.82) is 0 Å². The van der Waals surface area contributed by atoms with E-state index in [-0.39, 0.29) is 10.8 Å². The number of aromatic nitrogens is 2. The first-order valence-corrected chi connectivity index (χ1v) is 8.63. The van der Waals surface area contributed by atoms with Crippen molar-refractivity contribution in [2.24, 2.45) is 0 Å². The standard InChI is InChI=1S/C16H20N4O2S/c1-11-18-14(20-22-11)12-6-3-4-7-13(12)19-15(21)17-10-16(2)8-5-9-23-16/h3-4,6-7H,5,8-10H2,1-2H3,(H2,17,19,21)/t16-/m0/s1. The van der Waals surface area contributed by atoms with Crippen LogP contribution in [-0.4, -0.2) is 33.2 Å². The number of anilines is 1. The number of para-hydroxylation sites is 1. The lowest BCUT2D eigenvalue weighted by atomic mass is 10.1. The molecule has 2 aromatic rings. The van der Waals surface area contributed by atoms with E-state index in [0.29, 0.717) is 23.9 Å². The van der Waals surface area contributed by atoms with Crippen molar-refractivity contribution in [3.05, 3.63) is 30.2 Å². The molecule has 1 atom stereocenters. The second kappa shape index (κ2) is 6.62. The lowest BCUT2D eigenvalue weighted by Crippen LogP contribution is -2.39. The molecule has 1 saturated heterocycles. The number of nitrogens with one attached hydrogen (secondary N) is 2. The number of nitrogens with zero attached hydrogens (tertiary/aromatic N) is 2. The second-order valence-corrected chi connectivity index (χ2v) is 7.57. The van der Waals surface area contributed by atoms with Crippen molar-refractivity contribution in [3.63, 3.8) is 0 Å². The number of benzene rings is 1. The number of aryl methyl sites for hydroxylation is 1. The first-order valence-electron chi connectivity index (χ1n) is 7.64. The van der Waals surface area contributed by atoms with E-state index in [9.17, 15) is 4.79 Å². The molecule has 0 bridgehead atoms. The van der Waals surface area contributed by atoms with Crippen molar-refractivity contribution < 1.29 is 9.32 Å². The summed E-state index contributed by atoms with van der Waals surface area (Å²) in [7, 11) is 0. The van der Waals surface area contributed by atoms with Crippen molar-refractivity contribution in [2.45, 2.75) is 31.4 Å². The Balaban J connectivity index is 1.67. The fourth-order valence-corrected chi connectivity index (χ4v) is 3.85. The van der Waals surface area contributed by atoms with Crippen molar-refractivity contribution >= 4 is 23.5 Å². The minimum Gasteiger partial charge on any atom is -0.339 e. The molecule has 0 spiro atoms. The molecule has 1 fully saturated rings. The maximum atomic E-state index is 12.2. The number of carbonyl (C=O) groups is 1. The molecule has 0 saturated carbocycles. The van der Waals surface area contributed by atoms with E-state index in [1.807, 2.05) is 36.0 Å². The fourth-order valence-electron chi connectivity index (χ4n) is 2.61.